The van der Waals surface area contributed by atoms with Crippen molar-refractivity contribution in [2.45, 2.75) is 12.8 Å². The summed E-state index contributed by atoms with van der Waals surface area (Å²) < 4.78 is 0. The van der Waals surface area contributed by atoms with Crippen LogP contribution in [0.2, 0.25) is 0 Å². The standard InChI is InChI=1S/C8H11BrN2O2S/c1-10-6(12)7(13)11(8(10)14)5-3-2-4-9/h2-5H2,1H3. The van der Waals surface area contributed by atoms with E-state index in [1.54, 1.807) is 0 Å². The van der Waals surface area contributed by atoms with Crippen molar-refractivity contribution in [3.05, 3.63) is 0 Å². The molecule has 0 aromatic carbocycles. The van der Waals surface area contributed by atoms with Gasteiger partial charge < -0.3 is 0 Å². The van der Waals surface area contributed by atoms with E-state index in [9.17, 15) is 9.59 Å². The topological polar surface area (TPSA) is 40.6 Å². The molecule has 1 fully saturated rings. The zero-order valence-electron chi connectivity index (χ0n) is 7.83. The molecule has 1 rings (SSSR count). The van der Waals surface area contributed by atoms with Gasteiger partial charge in [0.1, 0.15) is 0 Å². The van der Waals surface area contributed by atoms with Gasteiger partial charge in [-0.3, -0.25) is 19.4 Å². The number of carbonyl (C=O) groups excluding carboxylic acids is 2. The lowest BCUT2D eigenvalue weighted by atomic mass is 10.3. The average molecular weight is 279 g/mol. The number of rotatable bonds is 4. The maximum atomic E-state index is 11.4. The minimum Gasteiger partial charge on any atom is -0.284 e. The summed E-state index contributed by atoms with van der Waals surface area (Å²) in [6.45, 7) is 0.527. The van der Waals surface area contributed by atoms with Gasteiger partial charge in [-0.25, -0.2) is 0 Å². The molecule has 0 radical (unpaired) electrons. The second-order valence-corrected chi connectivity index (χ2v) is 4.16. The minimum atomic E-state index is -0.533. The molecular weight excluding hydrogens is 268 g/mol. The first-order valence-electron chi connectivity index (χ1n) is 4.29. The zero-order chi connectivity index (χ0) is 10.7. The Labute approximate surface area is 96.4 Å². The van der Waals surface area contributed by atoms with Gasteiger partial charge in [-0.05, 0) is 25.1 Å². The predicted molar refractivity (Wildman–Crippen MR) is 60.1 cm³/mol. The molecule has 14 heavy (non-hydrogen) atoms. The van der Waals surface area contributed by atoms with Crippen LogP contribution in [0.5, 0.6) is 0 Å². The summed E-state index contributed by atoms with van der Waals surface area (Å²) in [5, 5.41) is 1.21. The number of alkyl halides is 1. The molecule has 0 bridgehead atoms. The van der Waals surface area contributed by atoms with E-state index in [1.165, 1.54) is 16.8 Å². The molecule has 1 heterocycles. The summed E-state index contributed by atoms with van der Waals surface area (Å²) in [6.07, 6.45) is 1.81. The quantitative estimate of drug-likeness (QED) is 0.330. The van der Waals surface area contributed by atoms with Crippen LogP contribution in [0.25, 0.3) is 0 Å². The van der Waals surface area contributed by atoms with E-state index >= 15 is 0 Å². The van der Waals surface area contributed by atoms with Gasteiger partial charge in [-0.15, -0.1) is 0 Å². The Balaban J connectivity index is 2.57. The van der Waals surface area contributed by atoms with Crippen molar-refractivity contribution < 1.29 is 9.59 Å². The Hall–Kier alpha value is -0.490. The van der Waals surface area contributed by atoms with Crippen LogP contribution < -0.4 is 0 Å². The summed E-state index contributed by atoms with van der Waals surface area (Å²) in [7, 11) is 1.52. The highest BCUT2D eigenvalue weighted by Gasteiger charge is 2.38. The molecule has 0 saturated carbocycles. The number of amides is 2. The van der Waals surface area contributed by atoms with Crippen molar-refractivity contribution in [1.82, 2.24) is 9.80 Å². The van der Waals surface area contributed by atoms with Crippen molar-refractivity contribution in [1.29, 1.82) is 0 Å². The lowest BCUT2D eigenvalue weighted by Gasteiger charge is -2.14. The van der Waals surface area contributed by atoms with Crippen LogP contribution in [0.3, 0.4) is 0 Å². The summed E-state index contributed by atoms with van der Waals surface area (Å²) >= 11 is 8.26. The summed E-state index contributed by atoms with van der Waals surface area (Å²) in [4.78, 5) is 25.1. The van der Waals surface area contributed by atoms with Gasteiger partial charge in [0.05, 0.1) is 0 Å². The van der Waals surface area contributed by atoms with E-state index in [2.05, 4.69) is 15.9 Å². The van der Waals surface area contributed by atoms with Crippen LogP contribution in [0.1, 0.15) is 12.8 Å². The molecule has 0 atom stereocenters. The Morgan fingerprint density at radius 2 is 1.93 bits per heavy atom. The molecule has 78 valence electrons. The van der Waals surface area contributed by atoms with Crippen LogP contribution in [0.4, 0.5) is 0 Å². The highest BCUT2D eigenvalue weighted by Crippen LogP contribution is 2.11. The minimum absolute atomic E-state index is 0.314. The van der Waals surface area contributed by atoms with Gasteiger partial charge in [0, 0.05) is 18.9 Å². The molecule has 0 N–H and O–H groups in total. The van der Waals surface area contributed by atoms with Crippen LogP contribution in [0.15, 0.2) is 0 Å². The monoisotopic (exact) mass is 278 g/mol. The van der Waals surface area contributed by atoms with E-state index in [1.807, 2.05) is 0 Å². The molecule has 4 nitrogen and oxygen atoms in total. The van der Waals surface area contributed by atoms with Gasteiger partial charge in [0.2, 0.25) is 0 Å². The van der Waals surface area contributed by atoms with Crippen molar-refractivity contribution in [3.8, 4) is 0 Å². The lowest BCUT2D eigenvalue weighted by molar-refractivity contribution is -0.142. The first-order valence-corrected chi connectivity index (χ1v) is 5.82. The number of halogens is 1. The second-order valence-electron chi connectivity index (χ2n) is 3.00. The fourth-order valence-corrected chi connectivity index (χ4v) is 1.83. The highest BCUT2D eigenvalue weighted by molar-refractivity contribution is 9.09. The number of hydrogen-bond donors (Lipinski definition) is 0. The Kier molecular flexibility index (Phi) is 4.00. The fraction of sp³-hybridized carbons (Fsp3) is 0.625. The molecule has 0 aromatic rings. The van der Waals surface area contributed by atoms with E-state index in [-0.39, 0.29) is 0 Å². The third kappa shape index (κ3) is 2.12. The summed E-state index contributed by atoms with van der Waals surface area (Å²) in [5.74, 6) is -1.04. The first-order chi connectivity index (χ1) is 6.59. The molecule has 2 amide bonds. The van der Waals surface area contributed by atoms with Crippen molar-refractivity contribution in [3.63, 3.8) is 0 Å². The summed E-state index contributed by atoms with van der Waals surface area (Å²) in [5.41, 5.74) is 0. The average Bonchev–Trinajstić information content (AvgIpc) is 2.35. The van der Waals surface area contributed by atoms with Gasteiger partial charge in [-0.2, -0.15) is 0 Å². The maximum absolute atomic E-state index is 11.4. The number of unbranched alkanes of at least 4 members (excludes halogenated alkanes) is 1. The number of carbonyl (C=O) groups is 2. The van der Waals surface area contributed by atoms with E-state index in [4.69, 9.17) is 12.2 Å². The molecule has 6 heteroatoms. The van der Waals surface area contributed by atoms with Crippen molar-refractivity contribution in [2.75, 3.05) is 18.9 Å². The predicted octanol–water partition coefficient (Wildman–Crippen LogP) is 0.747. The molecule has 0 aliphatic carbocycles. The number of hydrogen-bond acceptors (Lipinski definition) is 3. The van der Waals surface area contributed by atoms with Gasteiger partial charge in [0.25, 0.3) is 0 Å². The highest BCUT2D eigenvalue weighted by atomic mass is 79.9. The molecular formula is C8H11BrN2O2S. The van der Waals surface area contributed by atoms with Gasteiger partial charge >= 0.3 is 11.8 Å². The van der Waals surface area contributed by atoms with Crippen molar-refractivity contribution in [2.24, 2.45) is 0 Å². The van der Waals surface area contributed by atoms with Gasteiger partial charge in [0.15, 0.2) is 5.11 Å². The molecule has 1 aliphatic rings. The SMILES string of the molecule is CN1C(=O)C(=O)N(CCCCBr)C1=S. The van der Waals surface area contributed by atoms with Crippen molar-refractivity contribution >= 4 is 45.1 Å². The van der Waals surface area contributed by atoms with Crippen LogP contribution in [-0.4, -0.2) is 45.6 Å². The molecule has 0 aromatic heterocycles. The maximum Gasteiger partial charge on any atom is 0.318 e. The van der Waals surface area contributed by atoms with Gasteiger partial charge in [-0.1, -0.05) is 15.9 Å². The Bertz CT molecular complexity index is 283. The molecule has 0 unspecified atom stereocenters. The Morgan fingerprint density at radius 3 is 2.36 bits per heavy atom. The smallest absolute Gasteiger partial charge is 0.284 e. The number of nitrogens with zero attached hydrogens (tertiary/aromatic N) is 2. The third-order valence-corrected chi connectivity index (χ3v) is 3.07. The largest absolute Gasteiger partial charge is 0.318 e. The normalized spacial score (nSPS) is 17.1. The lowest BCUT2D eigenvalue weighted by Crippen LogP contribution is -2.32. The van der Waals surface area contributed by atoms with Crippen LogP contribution >= 0.6 is 28.1 Å². The van der Waals surface area contributed by atoms with E-state index < -0.39 is 11.8 Å². The van der Waals surface area contributed by atoms with Crippen LogP contribution in [-0.2, 0) is 9.59 Å². The molecule has 1 aliphatic heterocycles. The molecule has 1 saturated heterocycles. The first kappa shape index (κ1) is 11.6. The number of likely N-dealkylation sites (N-methyl/N-ethyl adjacent to an activating group) is 1. The van der Waals surface area contributed by atoms with E-state index in [0.29, 0.717) is 11.7 Å². The molecule has 0 spiro atoms. The summed E-state index contributed by atoms with van der Waals surface area (Å²) in [6, 6.07) is 0. The Morgan fingerprint density at radius 1 is 1.29 bits per heavy atom. The third-order valence-electron chi connectivity index (χ3n) is 2.02. The number of thiocarbonyl (C=S) groups is 1. The second kappa shape index (κ2) is 4.84. The fourth-order valence-electron chi connectivity index (χ4n) is 1.18. The zero-order valence-corrected chi connectivity index (χ0v) is 10.2. The van der Waals surface area contributed by atoms with E-state index in [0.717, 1.165) is 18.2 Å². The van der Waals surface area contributed by atoms with Crippen LogP contribution in [0, 0.1) is 0 Å².